The zero-order valence-corrected chi connectivity index (χ0v) is 20.6. The second-order valence-electron chi connectivity index (χ2n) is 8.79. The SMILES string of the molecule is CCc1ccc(-n2c(C)cc([C@@H]3[C@@H](c4ccccn4)NC(=S)N3Cc3ccncc3)c2C)cc1. The number of nitrogens with one attached hydrogen (secondary N) is 1. The van der Waals surface area contributed by atoms with Crippen molar-refractivity contribution in [3.63, 3.8) is 0 Å². The van der Waals surface area contributed by atoms with E-state index >= 15 is 0 Å². The first-order chi connectivity index (χ1) is 16.6. The number of hydrogen-bond acceptors (Lipinski definition) is 3. The van der Waals surface area contributed by atoms with Crippen LogP contribution in [-0.2, 0) is 13.0 Å². The summed E-state index contributed by atoms with van der Waals surface area (Å²) in [6, 6.07) is 21.3. The number of benzene rings is 1. The average Bonchev–Trinajstić information content (AvgIpc) is 3.35. The van der Waals surface area contributed by atoms with E-state index in [2.05, 4.69) is 81.9 Å². The van der Waals surface area contributed by atoms with Crippen molar-refractivity contribution in [2.45, 2.75) is 45.8 Å². The molecular formula is C28H29N5S. The third kappa shape index (κ3) is 4.10. The molecule has 1 aromatic carbocycles. The van der Waals surface area contributed by atoms with Crippen molar-refractivity contribution in [1.29, 1.82) is 0 Å². The third-order valence-corrected chi connectivity index (χ3v) is 7.04. The van der Waals surface area contributed by atoms with Gasteiger partial charge in [0, 0.05) is 42.2 Å². The Balaban J connectivity index is 1.60. The van der Waals surface area contributed by atoms with Gasteiger partial charge in [0.25, 0.3) is 0 Å². The molecule has 172 valence electrons. The fourth-order valence-corrected chi connectivity index (χ4v) is 5.27. The molecule has 4 aromatic rings. The van der Waals surface area contributed by atoms with Crippen molar-refractivity contribution < 1.29 is 0 Å². The van der Waals surface area contributed by atoms with Crippen molar-refractivity contribution >= 4 is 17.3 Å². The van der Waals surface area contributed by atoms with E-state index in [1.165, 1.54) is 33.8 Å². The van der Waals surface area contributed by atoms with Crippen molar-refractivity contribution in [2.75, 3.05) is 0 Å². The number of rotatable bonds is 6. The first kappa shape index (κ1) is 22.3. The van der Waals surface area contributed by atoms with Crippen LogP contribution >= 0.6 is 12.2 Å². The summed E-state index contributed by atoms with van der Waals surface area (Å²) in [5.74, 6) is 0. The molecule has 0 unspecified atom stereocenters. The van der Waals surface area contributed by atoms with Crippen LogP contribution in [-0.4, -0.2) is 24.5 Å². The molecule has 1 saturated heterocycles. The van der Waals surface area contributed by atoms with Gasteiger partial charge in [-0.05, 0) is 91.6 Å². The fourth-order valence-electron chi connectivity index (χ4n) is 4.96. The van der Waals surface area contributed by atoms with Gasteiger partial charge in [0.05, 0.1) is 17.8 Å². The third-order valence-electron chi connectivity index (χ3n) is 6.69. The Labute approximate surface area is 206 Å². The molecule has 6 heteroatoms. The van der Waals surface area contributed by atoms with E-state index in [0.717, 1.165) is 17.2 Å². The topological polar surface area (TPSA) is 46.0 Å². The molecule has 3 aromatic heterocycles. The first-order valence-electron chi connectivity index (χ1n) is 11.7. The number of aromatic nitrogens is 3. The van der Waals surface area contributed by atoms with Crippen molar-refractivity contribution in [3.05, 3.63) is 113 Å². The van der Waals surface area contributed by atoms with E-state index in [1.54, 1.807) is 0 Å². The van der Waals surface area contributed by atoms with E-state index in [1.807, 2.05) is 42.9 Å². The molecule has 0 radical (unpaired) electrons. The van der Waals surface area contributed by atoms with Crippen molar-refractivity contribution in [1.82, 2.24) is 24.8 Å². The predicted molar refractivity (Wildman–Crippen MR) is 140 cm³/mol. The van der Waals surface area contributed by atoms with Crippen molar-refractivity contribution in [3.8, 4) is 5.69 Å². The molecule has 1 aliphatic heterocycles. The molecular weight excluding hydrogens is 438 g/mol. The summed E-state index contributed by atoms with van der Waals surface area (Å²) in [7, 11) is 0. The van der Waals surface area contributed by atoms with Gasteiger partial charge in [-0.3, -0.25) is 9.97 Å². The number of hydrogen-bond donors (Lipinski definition) is 1. The molecule has 0 amide bonds. The molecule has 2 atom stereocenters. The predicted octanol–water partition coefficient (Wildman–Crippen LogP) is 5.62. The molecule has 1 N–H and O–H groups in total. The fraction of sp³-hybridized carbons (Fsp3) is 0.250. The summed E-state index contributed by atoms with van der Waals surface area (Å²) < 4.78 is 2.34. The quantitative estimate of drug-likeness (QED) is 0.373. The van der Waals surface area contributed by atoms with E-state index in [4.69, 9.17) is 12.2 Å². The zero-order chi connectivity index (χ0) is 23.7. The first-order valence-corrected chi connectivity index (χ1v) is 12.1. The second kappa shape index (κ2) is 9.39. The Hall–Kier alpha value is -3.51. The number of thiocarbonyl (C=S) groups is 1. The van der Waals surface area contributed by atoms with Crippen LogP contribution in [0.3, 0.4) is 0 Å². The number of aryl methyl sites for hydroxylation is 2. The summed E-state index contributed by atoms with van der Waals surface area (Å²) in [4.78, 5) is 11.1. The largest absolute Gasteiger partial charge is 0.352 e. The molecule has 5 rings (SSSR count). The van der Waals surface area contributed by atoms with Crippen molar-refractivity contribution in [2.24, 2.45) is 0 Å². The monoisotopic (exact) mass is 467 g/mol. The highest BCUT2D eigenvalue weighted by atomic mass is 32.1. The molecule has 0 bridgehead atoms. The highest BCUT2D eigenvalue weighted by Crippen LogP contribution is 2.42. The van der Waals surface area contributed by atoms with Crippen LogP contribution in [0.2, 0.25) is 0 Å². The maximum Gasteiger partial charge on any atom is 0.170 e. The molecule has 0 spiro atoms. The highest BCUT2D eigenvalue weighted by molar-refractivity contribution is 7.80. The highest BCUT2D eigenvalue weighted by Gasteiger charge is 2.41. The summed E-state index contributed by atoms with van der Waals surface area (Å²) in [5.41, 5.74) is 8.38. The van der Waals surface area contributed by atoms with Crippen LogP contribution in [0.1, 0.15) is 52.8 Å². The molecule has 1 aliphatic rings. The minimum Gasteiger partial charge on any atom is -0.352 e. The summed E-state index contributed by atoms with van der Waals surface area (Å²) >= 11 is 5.86. The average molecular weight is 468 g/mol. The van der Waals surface area contributed by atoms with Gasteiger partial charge in [-0.2, -0.15) is 0 Å². The van der Waals surface area contributed by atoms with Gasteiger partial charge in [0.1, 0.15) is 0 Å². The van der Waals surface area contributed by atoms with Crippen LogP contribution in [0.4, 0.5) is 0 Å². The van der Waals surface area contributed by atoms with Crippen LogP contribution in [0.5, 0.6) is 0 Å². The van der Waals surface area contributed by atoms with E-state index in [9.17, 15) is 0 Å². The smallest absolute Gasteiger partial charge is 0.170 e. The molecule has 0 saturated carbocycles. The zero-order valence-electron chi connectivity index (χ0n) is 19.8. The van der Waals surface area contributed by atoms with Gasteiger partial charge in [0.15, 0.2) is 5.11 Å². The lowest BCUT2D eigenvalue weighted by Crippen LogP contribution is -2.29. The Morgan fingerprint density at radius 1 is 0.941 bits per heavy atom. The second-order valence-corrected chi connectivity index (χ2v) is 9.18. The maximum absolute atomic E-state index is 5.86. The summed E-state index contributed by atoms with van der Waals surface area (Å²) in [6.45, 7) is 7.27. The number of pyridine rings is 2. The minimum absolute atomic E-state index is 0.0189. The van der Waals surface area contributed by atoms with Gasteiger partial charge in [-0.25, -0.2) is 0 Å². The Bertz CT molecular complexity index is 1280. The van der Waals surface area contributed by atoms with Crippen LogP contribution in [0, 0.1) is 13.8 Å². The molecule has 0 aliphatic carbocycles. The lowest BCUT2D eigenvalue weighted by Gasteiger charge is -2.28. The van der Waals surface area contributed by atoms with Gasteiger partial charge in [-0.15, -0.1) is 0 Å². The maximum atomic E-state index is 5.86. The minimum atomic E-state index is -0.0352. The number of nitrogens with zero attached hydrogens (tertiary/aromatic N) is 4. The lowest BCUT2D eigenvalue weighted by atomic mass is 9.96. The summed E-state index contributed by atoms with van der Waals surface area (Å²) in [6.07, 6.45) is 6.55. The molecule has 34 heavy (non-hydrogen) atoms. The Morgan fingerprint density at radius 2 is 1.71 bits per heavy atom. The van der Waals surface area contributed by atoms with E-state index < -0.39 is 0 Å². The summed E-state index contributed by atoms with van der Waals surface area (Å²) in [5, 5.41) is 4.31. The van der Waals surface area contributed by atoms with Crippen LogP contribution in [0.15, 0.2) is 79.3 Å². The van der Waals surface area contributed by atoms with Gasteiger partial charge in [-0.1, -0.05) is 25.1 Å². The van der Waals surface area contributed by atoms with Crippen LogP contribution < -0.4 is 5.32 Å². The van der Waals surface area contributed by atoms with E-state index in [-0.39, 0.29) is 12.1 Å². The lowest BCUT2D eigenvalue weighted by molar-refractivity contribution is 0.310. The molecule has 5 nitrogen and oxygen atoms in total. The van der Waals surface area contributed by atoms with Crippen LogP contribution in [0.25, 0.3) is 5.69 Å². The van der Waals surface area contributed by atoms with Gasteiger partial charge >= 0.3 is 0 Å². The normalized spacial score (nSPS) is 17.7. The van der Waals surface area contributed by atoms with Gasteiger partial charge < -0.3 is 14.8 Å². The van der Waals surface area contributed by atoms with E-state index in [0.29, 0.717) is 6.54 Å². The molecule has 4 heterocycles. The van der Waals surface area contributed by atoms with Gasteiger partial charge in [0.2, 0.25) is 0 Å². The molecule has 1 fully saturated rings. The standard InChI is InChI=1S/C28H29N5S/c1-4-21-8-10-23(11-9-21)33-19(2)17-24(20(33)3)27-26(25-7-5-6-14-30-25)31-28(34)32(27)18-22-12-15-29-16-13-22/h5-17,26-27H,4,18H2,1-3H3,(H,31,34)/t26-,27-/m1/s1. The Morgan fingerprint density at radius 3 is 2.38 bits per heavy atom. The Kier molecular flexibility index (Phi) is 6.16.